The molecule has 3 rings (SSSR count). The number of hydrogen-bond acceptors (Lipinski definition) is 6. The molecule has 0 radical (unpaired) electrons. The average Bonchev–Trinajstić information content (AvgIpc) is 3.03. The molecular weight excluding hydrogens is 354 g/mol. The van der Waals surface area contributed by atoms with Crippen LogP contribution in [0.25, 0.3) is 22.8 Å². The summed E-state index contributed by atoms with van der Waals surface area (Å²) in [5, 5.41) is 3.97. The van der Waals surface area contributed by atoms with Crippen molar-refractivity contribution in [3.05, 3.63) is 51.7 Å². The molecule has 0 unspecified atom stereocenters. The maximum absolute atomic E-state index is 12.5. The van der Waals surface area contributed by atoms with Crippen LogP contribution in [-0.2, 0) is 12.0 Å². The summed E-state index contributed by atoms with van der Waals surface area (Å²) in [5.74, 6) is 1.19. The second-order valence-electron chi connectivity index (χ2n) is 6.95. The Kier molecular flexibility index (Phi) is 5.63. The SMILES string of the molecule is Cc1nc(C(C)(C)C)[nH]c(=O)c1-c1nc(-c2ccc(CN)cc2)no1.Cl. The number of benzene rings is 1. The van der Waals surface area contributed by atoms with E-state index in [9.17, 15) is 4.79 Å². The molecule has 0 saturated heterocycles. The van der Waals surface area contributed by atoms with Gasteiger partial charge in [-0.15, -0.1) is 12.4 Å². The Hall–Kier alpha value is -2.51. The van der Waals surface area contributed by atoms with Crippen molar-refractivity contribution in [3.63, 3.8) is 0 Å². The minimum absolute atomic E-state index is 0. The summed E-state index contributed by atoms with van der Waals surface area (Å²) in [6.07, 6.45) is 0. The van der Waals surface area contributed by atoms with Gasteiger partial charge in [-0.1, -0.05) is 50.2 Å². The zero-order valence-electron chi connectivity index (χ0n) is 15.2. The summed E-state index contributed by atoms with van der Waals surface area (Å²) in [4.78, 5) is 24.2. The predicted molar refractivity (Wildman–Crippen MR) is 102 cm³/mol. The molecule has 0 aliphatic rings. The van der Waals surface area contributed by atoms with E-state index in [-0.39, 0.29) is 29.3 Å². The highest BCUT2D eigenvalue weighted by Gasteiger charge is 2.22. The Morgan fingerprint density at radius 3 is 2.35 bits per heavy atom. The Morgan fingerprint density at radius 1 is 1.15 bits per heavy atom. The van der Waals surface area contributed by atoms with Crippen molar-refractivity contribution in [1.82, 2.24) is 20.1 Å². The minimum atomic E-state index is -0.286. The molecule has 1 aromatic carbocycles. The van der Waals surface area contributed by atoms with E-state index < -0.39 is 0 Å². The van der Waals surface area contributed by atoms with E-state index in [4.69, 9.17) is 10.3 Å². The molecule has 0 fully saturated rings. The van der Waals surface area contributed by atoms with Gasteiger partial charge in [-0.3, -0.25) is 4.79 Å². The second kappa shape index (κ2) is 7.39. The molecule has 0 saturated carbocycles. The smallest absolute Gasteiger partial charge is 0.265 e. The predicted octanol–water partition coefficient (Wildman–Crippen LogP) is 2.97. The lowest BCUT2D eigenvalue weighted by atomic mass is 9.95. The van der Waals surface area contributed by atoms with Crippen LogP contribution < -0.4 is 11.3 Å². The van der Waals surface area contributed by atoms with E-state index in [0.29, 0.717) is 29.5 Å². The molecule has 0 aliphatic carbocycles. The highest BCUT2D eigenvalue weighted by atomic mass is 35.5. The first-order valence-corrected chi connectivity index (χ1v) is 8.04. The molecule has 26 heavy (non-hydrogen) atoms. The van der Waals surface area contributed by atoms with Crippen LogP contribution in [-0.4, -0.2) is 20.1 Å². The summed E-state index contributed by atoms with van der Waals surface area (Å²) in [6.45, 7) is 8.19. The lowest BCUT2D eigenvalue weighted by molar-refractivity contribution is 0.431. The minimum Gasteiger partial charge on any atom is -0.333 e. The van der Waals surface area contributed by atoms with Gasteiger partial charge in [-0.05, 0) is 12.5 Å². The number of aryl methyl sites for hydroxylation is 1. The van der Waals surface area contributed by atoms with Gasteiger partial charge >= 0.3 is 0 Å². The van der Waals surface area contributed by atoms with Crippen LogP contribution in [0.3, 0.4) is 0 Å². The molecule has 3 aromatic rings. The zero-order chi connectivity index (χ0) is 18.2. The molecule has 0 bridgehead atoms. The number of aromatic amines is 1. The van der Waals surface area contributed by atoms with Crippen LogP contribution in [0.5, 0.6) is 0 Å². The van der Waals surface area contributed by atoms with Crippen LogP contribution in [0, 0.1) is 6.92 Å². The van der Waals surface area contributed by atoms with Crippen LogP contribution in [0.4, 0.5) is 0 Å². The molecule has 8 heteroatoms. The number of halogens is 1. The van der Waals surface area contributed by atoms with E-state index in [1.165, 1.54) is 0 Å². The summed E-state index contributed by atoms with van der Waals surface area (Å²) in [6, 6.07) is 7.55. The van der Waals surface area contributed by atoms with Crippen molar-refractivity contribution < 1.29 is 4.52 Å². The van der Waals surface area contributed by atoms with Crippen molar-refractivity contribution in [3.8, 4) is 22.8 Å². The normalized spacial score (nSPS) is 11.3. The summed E-state index contributed by atoms with van der Waals surface area (Å²) in [5.41, 5.74) is 7.72. The van der Waals surface area contributed by atoms with E-state index in [0.717, 1.165) is 11.1 Å². The first kappa shape index (κ1) is 19.8. The van der Waals surface area contributed by atoms with Crippen LogP contribution in [0.15, 0.2) is 33.6 Å². The van der Waals surface area contributed by atoms with Crippen molar-refractivity contribution in [2.75, 3.05) is 0 Å². The number of rotatable bonds is 3. The van der Waals surface area contributed by atoms with E-state index in [2.05, 4.69) is 20.1 Å². The quantitative estimate of drug-likeness (QED) is 0.728. The molecule has 0 spiro atoms. The molecular formula is C18H22ClN5O2. The van der Waals surface area contributed by atoms with Crippen molar-refractivity contribution >= 4 is 12.4 Å². The summed E-state index contributed by atoms with van der Waals surface area (Å²) < 4.78 is 5.30. The van der Waals surface area contributed by atoms with Crippen LogP contribution in [0.2, 0.25) is 0 Å². The molecule has 2 heterocycles. The van der Waals surface area contributed by atoms with Crippen molar-refractivity contribution in [2.45, 2.75) is 39.7 Å². The highest BCUT2D eigenvalue weighted by Crippen LogP contribution is 2.24. The lowest BCUT2D eigenvalue weighted by Crippen LogP contribution is -2.24. The Bertz CT molecular complexity index is 955. The van der Waals surface area contributed by atoms with Gasteiger partial charge in [-0.2, -0.15) is 4.98 Å². The molecule has 7 nitrogen and oxygen atoms in total. The molecule has 0 aliphatic heterocycles. The van der Waals surface area contributed by atoms with Gasteiger partial charge in [0.25, 0.3) is 11.4 Å². The summed E-state index contributed by atoms with van der Waals surface area (Å²) in [7, 11) is 0. The van der Waals surface area contributed by atoms with Gasteiger partial charge in [0.05, 0.1) is 5.69 Å². The largest absolute Gasteiger partial charge is 0.333 e. The number of H-pyrrole nitrogens is 1. The molecule has 2 aromatic heterocycles. The summed E-state index contributed by atoms with van der Waals surface area (Å²) >= 11 is 0. The van der Waals surface area contributed by atoms with Crippen molar-refractivity contribution in [2.24, 2.45) is 5.73 Å². The Morgan fingerprint density at radius 2 is 1.81 bits per heavy atom. The third kappa shape index (κ3) is 3.84. The van der Waals surface area contributed by atoms with Gasteiger partial charge in [-0.25, -0.2) is 4.98 Å². The maximum Gasteiger partial charge on any atom is 0.265 e. The number of hydrogen-bond donors (Lipinski definition) is 2. The molecule has 0 amide bonds. The first-order valence-electron chi connectivity index (χ1n) is 8.04. The average molecular weight is 376 g/mol. The first-order chi connectivity index (χ1) is 11.8. The molecule has 0 atom stereocenters. The molecule has 3 N–H and O–H groups in total. The van der Waals surface area contributed by atoms with Gasteiger partial charge in [0.15, 0.2) is 0 Å². The second-order valence-corrected chi connectivity index (χ2v) is 6.95. The third-order valence-electron chi connectivity index (χ3n) is 3.90. The van der Waals surface area contributed by atoms with Crippen molar-refractivity contribution in [1.29, 1.82) is 0 Å². The molecule has 138 valence electrons. The fraction of sp³-hybridized carbons (Fsp3) is 0.333. The van der Waals surface area contributed by atoms with Crippen LogP contribution >= 0.6 is 12.4 Å². The van der Waals surface area contributed by atoms with E-state index in [1.54, 1.807) is 6.92 Å². The zero-order valence-corrected chi connectivity index (χ0v) is 16.0. The van der Waals surface area contributed by atoms with Gasteiger partial charge in [0.2, 0.25) is 5.82 Å². The Labute approximate surface area is 157 Å². The number of nitrogens with zero attached hydrogens (tertiary/aromatic N) is 3. The fourth-order valence-electron chi connectivity index (χ4n) is 2.43. The maximum atomic E-state index is 12.5. The van der Waals surface area contributed by atoms with E-state index >= 15 is 0 Å². The van der Waals surface area contributed by atoms with Gasteiger partial charge < -0.3 is 15.2 Å². The monoisotopic (exact) mass is 375 g/mol. The number of aromatic nitrogens is 4. The number of nitrogens with one attached hydrogen (secondary N) is 1. The van der Waals surface area contributed by atoms with Gasteiger partial charge in [0.1, 0.15) is 11.4 Å². The van der Waals surface area contributed by atoms with Gasteiger partial charge in [0, 0.05) is 17.5 Å². The van der Waals surface area contributed by atoms with Crippen LogP contribution in [0.1, 0.15) is 37.9 Å². The standard InChI is InChI=1S/C18H21N5O2.ClH/c1-10-13(15(24)22-17(20-10)18(2,3)4)16-21-14(23-25-16)12-7-5-11(9-19)6-8-12;/h5-8H,9,19H2,1-4H3,(H,20,22,24);1H. The number of nitrogens with two attached hydrogens (primary N) is 1. The topological polar surface area (TPSA) is 111 Å². The van der Waals surface area contributed by atoms with E-state index in [1.807, 2.05) is 45.0 Å². The fourth-order valence-corrected chi connectivity index (χ4v) is 2.43. The third-order valence-corrected chi connectivity index (χ3v) is 3.90. The Balaban J connectivity index is 0.00000243. The lowest BCUT2D eigenvalue weighted by Gasteiger charge is -2.17. The highest BCUT2D eigenvalue weighted by molar-refractivity contribution is 5.85.